The Bertz CT molecular complexity index is 289. The molecule has 2 nitrogen and oxygen atoms in total. The largest absolute Gasteiger partial charge is 0.327 e. The summed E-state index contributed by atoms with van der Waals surface area (Å²) in [6, 6.07) is 6.52. The first kappa shape index (κ1) is 11.0. The molecule has 2 rings (SSSR count). The summed E-state index contributed by atoms with van der Waals surface area (Å²) in [6.07, 6.45) is 6.95. The van der Waals surface area contributed by atoms with Crippen molar-refractivity contribution in [3.63, 3.8) is 0 Å². The topological polar surface area (TPSA) is 38.9 Å². The summed E-state index contributed by atoms with van der Waals surface area (Å²) >= 11 is 1.84. The molecule has 3 heteroatoms. The molecule has 82 valence electrons. The van der Waals surface area contributed by atoms with Crippen LogP contribution in [0.2, 0.25) is 0 Å². The van der Waals surface area contributed by atoms with Crippen LogP contribution in [0.1, 0.15) is 25.7 Å². The van der Waals surface area contributed by atoms with E-state index in [1.807, 2.05) is 30.1 Å². The Labute approximate surface area is 95.7 Å². The smallest absolute Gasteiger partial charge is 0.0959 e. The molecule has 0 radical (unpaired) electrons. The Morgan fingerprint density at radius 2 is 2.33 bits per heavy atom. The molecular weight excluding hydrogens is 204 g/mol. The van der Waals surface area contributed by atoms with E-state index in [4.69, 9.17) is 5.73 Å². The Balaban J connectivity index is 1.71. The Hall–Kier alpha value is -0.540. The number of hydrogen-bond donors (Lipinski definition) is 1. The van der Waals surface area contributed by atoms with E-state index in [0.29, 0.717) is 6.04 Å². The summed E-state index contributed by atoms with van der Waals surface area (Å²) in [5.74, 6) is 1.90. The molecule has 0 bridgehead atoms. The Kier molecular flexibility index (Phi) is 4.03. The van der Waals surface area contributed by atoms with Gasteiger partial charge in [0.05, 0.1) is 5.03 Å². The second kappa shape index (κ2) is 5.52. The maximum absolute atomic E-state index is 6.03. The molecule has 0 aliphatic heterocycles. The number of hydrogen-bond acceptors (Lipinski definition) is 3. The molecule has 0 aromatic carbocycles. The van der Waals surface area contributed by atoms with Gasteiger partial charge in [-0.05, 0) is 43.1 Å². The van der Waals surface area contributed by atoms with Crippen LogP contribution in [0.5, 0.6) is 0 Å². The van der Waals surface area contributed by atoms with E-state index in [1.54, 1.807) is 0 Å². The fourth-order valence-electron chi connectivity index (χ4n) is 2.17. The predicted molar refractivity (Wildman–Crippen MR) is 64.9 cm³/mol. The third-order valence-corrected chi connectivity index (χ3v) is 4.07. The van der Waals surface area contributed by atoms with Crippen molar-refractivity contribution in [2.45, 2.75) is 36.8 Å². The maximum Gasteiger partial charge on any atom is 0.0959 e. The van der Waals surface area contributed by atoms with Gasteiger partial charge in [0.1, 0.15) is 0 Å². The molecule has 1 aliphatic carbocycles. The lowest BCUT2D eigenvalue weighted by atomic mass is 10.0. The van der Waals surface area contributed by atoms with Gasteiger partial charge in [0.15, 0.2) is 0 Å². The number of aromatic nitrogens is 1. The highest BCUT2D eigenvalue weighted by molar-refractivity contribution is 7.99. The molecule has 0 amide bonds. The number of pyridine rings is 1. The van der Waals surface area contributed by atoms with Crippen molar-refractivity contribution in [1.82, 2.24) is 4.98 Å². The minimum absolute atomic E-state index is 0.453. The normalized spacial score (nSPS) is 25.7. The fourth-order valence-corrected chi connectivity index (χ4v) is 3.11. The van der Waals surface area contributed by atoms with Gasteiger partial charge in [-0.15, -0.1) is 11.8 Å². The summed E-state index contributed by atoms with van der Waals surface area (Å²) in [4.78, 5) is 4.29. The molecule has 1 aliphatic rings. The van der Waals surface area contributed by atoms with Gasteiger partial charge >= 0.3 is 0 Å². The Morgan fingerprint density at radius 3 is 3.00 bits per heavy atom. The Morgan fingerprint density at radius 1 is 1.40 bits per heavy atom. The van der Waals surface area contributed by atoms with E-state index in [1.165, 1.54) is 25.7 Å². The molecular formula is C12H18N2S. The second-order valence-electron chi connectivity index (χ2n) is 4.16. The van der Waals surface area contributed by atoms with E-state index in [-0.39, 0.29) is 0 Å². The summed E-state index contributed by atoms with van der Waals surface area (Å²) < 4.78 is 0. The molecule has 1 aromatic heterocycles. The van der Waals surface area contributed by atoms with Crippen LogP contribution in [0.4, 0.5) is 0 Å². The highest BCUT2D eigenvalue weighted by Gasteiger charge is 2.23. The summed E-state index contributed by atoms with van der Waals surface area (Å²) in [5, 5.41) is 1.13. The van der Waals surface area contributed by atoms with Gasteiger partial charge in [-0.2, -0.15) is 0 Å². The zero-order valence-corrected chi connectivity index (χ0v) is 9.75. The molecule has 0 spiro atoms. The van der Waals surface area contributed by atoms with Crippen molar-refractivity contribution in [3.05, 3.63) is 24.4 Å². The van der Waals surface area contributed by atoms with Gasteiger partial charge in [-0.25, -0.2) is 4.98 Å². The minimum atomic E-state index is 0.453. The highest BCUT2D eigenvalue weighted by Crippen LogP contribution is 2.29. The van der Waals surface area contributed by atoms with Gasteiger partial charge in [0, 0.05) is 12.2 Å². The van der Waals surface area contributed by atoms with Crippen molar-refractivity contribution in [2.24, 2.45) is 11.7 Å². The lowest BCUT2D eigenvalue weighted by molar-refractivity contribution is 0.470. The maximum atomic E-state index is 6.03. The van der Waals surface area contributed by atoms with Crippen molar-refractivity contribution in [3.8, 4) is 0 Å². The molecule has 2 unspecified atom stereocenters. The van der Waals surface area contributed by atoms with Crippen LogP contribution in [-0.2, 0) is 0 Å². The number of rotatable bonds is 4. The van der Waals surface area contributed by atoms with Gasteiger partial charge in [-0.1, -0.05) is 12.5 Å². The number of nitrogens with zero attached hydrogens (tertiary/aromatic N) is 1. The highest BCUT2D eigenvalue weighted by atomic mass is 32.2. The van der Waals surface area contributed by atoms with Crippen molar-refractivity contribution < 1.29 is 0 Å². The third kappa shape index (κ3) is 3.21. The standard InChI is InChI=1S/C12H18N2S/c13-11-5-3-4-10(11)7-9-15-12-6-1-2-8-14-12/h1-2,6,8,10-11H,3-5,7,9,13H2. The third-order valence-electron chi connectivity index (χ3n) is 3.09. The zero-order chi connectivity index (χ0) is 10.5. The molecule has 2 atom stereocenters. The molecule has 15 heavy (non-hydrogen) atoms. The van der Waals surface area contributed by atoms with Crippen LogP contribution >= 0.6 is 11.8 Å². The molecule has 1 saturated carbocycles. The van der Waals surface area contributed by atoms with E-state index < -0.39 is 0 Å². The lowest BCUT2D eigenvalue weighted by Gasteiger charge is -2.14. The van der Waals surface area contributed by atoms with E-state index in [9.17, 15) is 0 Å². The second-order valence-corrected chi connectivity index (χ2v) is 5.28. The minimum Gasteiger partial charge on any atom is -0.327 e. The summed E-state index contributed by atoms with van der Waals surface area (Å²) in [7, 11) is 0. The summed E-state index contributed by atoms with van der Waals surface area (Å²) in [6.45, 7) is 0. The first-order valence-electron chi connectivity index (χ1n) is 5.65. The molecule has 2 N–H and O–H groups in total. The van der Waals surface area contributed by atoms with Crippen LogP contribution in [0.25, 0.3) is 0 Å². The zero-order valence-electron chi connectivity index (χ0n) is 8.93. The van der Waals surface area contributed by atoms with Crippen molar-refractivity contribution in [1.29, 1.82) is 0 Å². The molecule has 1 fully saturated rings. The average molecular weight is 222 g/mol. The monoisotopic (exact) mass is 222 g/mol. The van der Waals surface area contributed by atoms with Crippen LogP contribution in [0.15, 0.2) is 29.4 Å². The van der Waals surface area contributed by atoms with E-state index in [0.717, 1.165) is 16.7 Å². The fraction of sp³-hybridized carbons (Fsp3) is 0.583. The molecule has 1 aromatic rings. The number of thioether (sulfide) groups is 1. The van der Waals surface area contributed by atoms with Crippen LogP contribution in [0, 0.1) is 5.92 Å². The molecule has 1 heterocycles. The predicted octanol–water partition coefficient (Wildman–Crippen LogP) is 2.69. The van der Waals surface area contributed by atoms with E-state index in [2.05, 4.69) is 11.1 Å². The van der Waals surface area contributed by atoms with E-state index >= 15 is 0 Å². The lowest BCUT2D eigenvalue weighted by Crippen LogP contribution is -2.24. The van der Waals surface area contributed by atoms with Gasteiger partial charge in [0.2, 0.25) is 0 Å². The first-order chi connectivity index (χ1) is 7.36. The van der Waals surface area contributed by atoms with Crippen LogP contribution in [0.3, 0.4) is 0 Å². The quantitative estimate of drug-likeness (QED) is 0.796. The van der Waals surface area contributed by atoms with Crippen LogP contribution in [-0.4, -0.2) is 16.8 Å². The van der Waals surface area contributed by atoms with Gasteiger partial charge in [0.25, 0.3) is 0 Å². The SMILES string of the molecule is NC1CCCC1CCSc1ccccn1. The van der Waals surface area contributed by atoms with Gasteiger partial charge in [-0.3, -0.25) is 0 Å². The molecule has 0 saturated heterocycles. The van der Waals surface area contributed by atoms with Crippen LogP contribution < -0.4 is 5.73 Å². The van der Waals surface area contributed by atoms with Gasteiger partial charge < -0.3 is 5.73 Å². The average Bonchev–Trinajstić information content (AvgIpc) is 2.66. The number of nitrogens with two attached hydrogens (primary N) is 1. The first-order valence-corrected chi connectivity index (χ1v) is 6.64. The van der Waals surface area contributed by atoms with Crippen molar-refractivity contribution in [2.75, 3.05) is 5.75 Å². The van der Waals surface area contributed by atoms with Crippen molar-refractivity contribution >= 4 is 11.8 Å². The summed E-state index contributed by atoms with van der Waals surface area (Å²) in [5.41, 5.74) is 6.03.